The molecule has 0 fully saturated rings. The van der Waals surface area contributed by atoms with Crippen molar-refractivity contribution in [2.45, 2.75) is 6.92 Å². The summed E-state index contributed by atoms with van der Waals surface area (Å²) in [5.74, 6) is -1.09. The lowest BCUT2D eigenvalue weighted by Crippen LogP contribution is -2.12. The highest BCUT2D eigenvalue weighted by molar-refractivity contribution is 5.98. The van der Waals surface area contributed by atoms with Crippen LogP contribution in [-0.2, 0) is 4.74 Å². The van der Waals surface area contributed by atoms with Gasteiger partial charge in [0.25, 0.3) is 5.91 Å². The van der Waals surface area contributed by atoms with Gasteiger partial charge in [0.15, 0.2) is 5.69 Å². The molecule has 112 valence electrons. The van der Waals surface area contributed by atoms with Crippen molar-refractivity contribution >= 4 is 22.8 Å². The Hall–Kier alpha value is -3.16. The minimum atomic E-state index is -0.678. The van der Waals surface area contributed by atoms with Gasteiger partial charge in [0, 0.05) is 10.9 Å². The highest BCUT2D eigenvalue weighted by Crippen LogP contribution is 2.27. The van der Waals surface area contributed by atoms with Gasteiger partial charge in [0.05, 0.1) is 6.61 Å². The maximum Gasteiger partial charge on any atom is 0.374 e. The van der Waals surface area contributed by atoms with Crippen molar-refractivity contribution in [2.75, 3.05) is 6.61 Å². The molecule has 1 aromatic carbocycles. The molecular formula is C14H12N4O4. The minimum absolute atomic E-state index is 0.0495. The highest BCUT2D eigenvalue weighted by atomic mass is 16.5. The molecule has 0 unspecified atom stereocenters. The van der Waals surface area contributed by atoms with E-state index in [1.165, 1.54) is 0 Å². The summed E-state index contributed by atoms with van der Waals surface area (Å²) in [7, 11) is 0. The van der Waals surface area contributed by atoms with Crippen molar-refractivity contribution in [3.8, 4) is 11.3 Å². The third-order valence-electron chi connectivity index (χ3n) is 3.05. The van der Waals surface area contributed by atoms with Crippen molar-refractivity contribution in [1.82, 2.24) is 15.4 Å². The van der Waals surface area contributed by atoms with Crippen molar-refractivity contribution in [1.29, 1.82) is 0 Å². The first kappa shape index (κ1) is 13.8. The molecule has 8 heteroatoms. The lowest BCUT2D eigenvalue weighted by molar-refractivity contribution is 0.0492. The third-order valence-corrected chi connectivity index (χ3v) is 3.05. The van der Waals surface area contributed by atoms with Gasteiger partial charge in [0.1, 0.15) is 11.3 Å². The van der Waals surface area contributed by atoms with Crippen LogP contribution in [0, 0.1) is 0 Å². The van der Waals surface area contributed by atoms with Gasteiger partial charge in [-0.25, -0.2) is 4.79 Å². The number of nitrogens with zero attached hydrogens (tertiary/aromatic N) is 2. The molecular weight excluding hydrogens is 288 g/mol. The number of nitrogens with one attached hydrogen (secondary N) is 1. The number of esters is 1. The first-order chi connectivity index (χ1) is 10.6. The van der Waals surface area contributed by atoms with Gasteiger partial charge in [-0.2, -0.15) is 15.4 Å². The Kier molecular flexibility index (Phi) is 3.34. The molecule has 3 rings (SSSR count). The number of hydrogen-bond donors (Lipinski definition) is 2. The fraction of sp³-hybridized carbons (Fsp3) is 0.143. The van der Waals surface area contributed by atoms with Gasteiger partial charge in [-0.15, -0.1) is 0 Å². The Balaban J connectivity index is 2.04. The minimum Gasteiger partial charge on any atom is -0.460 e. The molecule has 0 bridgehead atoms. The van der Waals surface area contributed by atoms with E-state index in [-0.39, 0.29) is 18.1 Å². The summed E-state index contributed by atoms with van der Waals surface area (Å²) >= 11 is 0. The standard InChI is InChI=1S/C14H12N4O4/c1-2-21-14(20)10-6-8-5-7(3-4-9(8)22-10)11-12(13(15)19)17-18-16-11/h3-6H,2H2,1H3,(H2,15,19)(H,16,17,18). The molecule has 22 heavy (non-hydrogen) atoms. The van der Waals surface area contributed by atoms with Gasteiger partial charge in [-0.1, -0.05) is 0 Å². The average molecular weight is 300 g/mol. The number of ether oxygens (including phenoxy) is 1. The molecule has 0 saturated heterocycles. The molecule has 0 aliphatic heterocycles. The Labute approximate surface area is 124 Å². The lowest BCUT2D eigenvalue weighted by Gasteiger charge is -1.97. The summed E-state index contributed by atoms with van der Waals surface area (Å²) < 4.78 is 10.3. The van der Waals surface area contributed by atoms with Gasteiger partial charge in [0.2, 0.25) is 5.76 Å². The van der Waals surface area contributed by atoms with E-state index in [2.05, 4.69) is 15.4 Å². The zero-order valence-corrected chi connectivity index (χ0v) is 11.6. The molecule has 0 aliphatic rings. The van der Waals surface area contributed by atoms with E-state index in [4.69, 9.17) is 14.9 Å². The monoisotopic (exact) mass is 300 g/mol. The zero-order chi connectivity index (χ0) is 15.7. The maximum absolute atomic E-state index is 11.7. The number of carbonyl (C=O) groups excluding carboxylic acids is 2. The van der Waals surface area contributed by atoms with Crippen molar-refractivity contribution in [3.05, 3.63) is 35.7 Å². The molecule has 0 radical (unpaired) electrons. The molecule has 2 heterocycles. The Morgan fingerprint density at radius 1 is 1.32 bits per heavy atom. The van der Waals surface area contributed by atoms with E-state index < -0.39 is 11.9 Å². The molecule has 3 N–H and O–H groups in total. The molecule has 0 saturated carbocycles. The Bertz CT molecular complexity index is 865. The number of aromatic amines is 1. The number of primary amides is 1. The van der Waals surface area contributed by atoms with E-state index in [1.54, 1.807) is 31.2 Å². The first-order valence-electron chi connectivity index (χ1n) is 6.51. The van der Waals surface area contributed by atoms with E-state index in [0.29, 0.717) is 22.2 Å². The number of H-pyrrole nitrogens is 1. The third kappa shape index (κ3) is 2.30. The fourth-order valence-electron chi connectivity index (χ4n) is 2.10. The Morgan fingerprint density at radius 2 is 2.14 bits per heavy atom. The van der Waals surface area contributed by atoms with Crippen LogP contribution in [0.4, 0.5) is 0 Å². The normalized spacial score (nSPS) is 10.8. The molecule has 0 aliphatic carbocycles. The summed E-state index contributed by atoms with van der Waals surface area (Å²) in [4.78, 5) is 23.0. The van der Waals surface area contributed by atoms with E-state index in [9.17, 15) is 9.59 Å². The number of rotatable bonds is 4. The largest absolute Gasteiger partial charge is 0.460 e. The van der Waals surface area contributed by atoms with E-state index in [1.807, 2.05) is 0 Å². The van der Waals surface area contributed by atoms with Crippen LogP contribution >= 0.6 is 0 Å². The molecule has 8 nitrogen and oxygen atoms in total. The topological polar surface area (TPSA) is 124 Å². The molecule has 2 aromatic heterocycles. The van der Waals surface area contributed by atoms with Gasteiger partial charge < -0.3 is 14.9 Å². The molecule has 0 atom stereocenters. The van der Waals surface area contributed by atoms with Crippen LogP contribution < -0.4 is 5.73 Å². The smallest absolute Gasteiger partial charge is 0.374 e. The number of furan rings is 1. The first-order valence-corrected chi connectivity index (χ1v) is 6.51. The van der Waals surface area contributed by atoms with Crippen LogP contribution in [0.25, 0.3) is 22.2 Å². The summed E-state index contributed by atoms with van der Waals surface area (Å²) in [6.07, 6.45) is 0. The van der Waals surface area contributed by atoms with Crippen LogP contribution in [0.1, 0.15) is 28.0 Å². The SMILES string of the molecule is CCOC(=O)c1cc2cc(-c3n[nH]nc3C(N)=O)ccc2o1. The predicted octanol–water partition coefficient (Wildman–Crippen LogP) is 1.49. The summed E-state index contributed by atoms with van der Waals surface area (Å²) in [6.45, 7) is 1.98. The summed E-state index contributed by atoms with van der Waals surface area (Å²) in [5.41, 5.74) is 6.79. The van der Waals surface area contributed by atoms with Crippen molar-refractivity contribution in [3.63, 3.8) is 0 Å². The van der Waals surface area contributed by atoms with Crippen molar-refractivity contribution in [2.24, 2.45) is 5.73 Å². The molecule has 3 aromatic rings. The number of carbonyl (C=O) groups is 2. The second kappa shape index (κ2) is 5.32. The van der Waals surface area contributed by atoms with Crippen LogP contribution in [-0.4, -0.2) is 33.9 Å². The van der Waals surface area contributed by atoms with Crippen LogP contribution in [0.5, 0.6) is 0 Å². The quantitative estimate of drug-likeness (QED) is 0.703. The zero-order valence-electron chi connectivity index (χ0n) is 11.6. The average Bonchev–Trinajstić information content (AvgIpc) is 3.13. The van der Waals surface area contributed by atoms with Gasteiger partial charge in [-0.3, -0.25) is 4.79 Å². The number of fused-ring (bicyclic) bond motifs is 1. The predicted molar refractivity (Wildman–Crippen MR) is 76.1 cm³/mol. The van der Waals surface area contributed by atoms with Crippen LogP contribution in [0.3, 0.4) is 0 Å². The van der Waals surface area contributed by atoms with E-state index in [0.717, 1.165) is 0 Å². The molecule has 1 amide bonds. The maximum atomic E-state index is 11.7. The van der Waals surface area contributed by atoms with Crippen molar-refractivity contribution < 1.29 is 18.7 Å². The fourth-order valence-corrected chi connectivity index (χ4v) is 2.10. The van der Waals surface area contributed by atoms with Gasteiger partial charge >= 0.3 is 5.97 Å². The molecule has 0 spiro atoms. The number of aromatic nitrogens is 3. The number of hydrogen-bond acceptors (Lipinski definition) is 6. The van der Waals surface area contributed by atoms with Crippen LogP contribution in [0.2, 0.25) is 0 Å². The van der Waals surface area contributed by atoms with Gasteiger partial charge in [-0.05, 0) is 31.2 Å². The number of benzene rings is 1. The summed E-state index contributed by atoms with van der Waals surface area (Å²) in [5, 5.41) is 10.7. The number of nitrogens with two attached hydrogens (primary N) is 1. The second-order valence-corrected chi connectivity index (χ2v) is 4.47. The second-order valence-electron chi connectivity index (χ2n) is 4.47. The van der Waals surface area contributed by atoms with Crippen LogP contribution in [0.15, 0.2) is 28.7 Å². The summed E-state index contributed by atoms with van der Waals surface area (Å²) in [6, 6.07) is 6.67. The Morgan fingerprint density at radius 3 is 2.86 bits per heavy atom. The highest BCUT2D eigenvalue weighted by Gasteiger charge is 2.17. The lowest BCUT2D eigenvalue weighted by atomic mass is 10.1. The number of amides is 1. The van der Waals surface area contributed by atoms with E-state index >= 15 is 0 Å².